The highest BCUT2D eigenvalue weighted by molar-refractivity contribution is 5.85. The highest BCUT2D eigenvalue weighted by Crippen LogP contribution is 2.27. The van der Waals surface area contributed by atoms with Gasteiger partial charge in [-0.3, -0.25) is 24.5 Å². The van der Waals surface area contributed by atoms with E-state index >= 15 is 0 Å². The summed E-state index contributed by atoms with van der Waals surface area (Å²) in [7, 11) is 1.19. The van der Waals surface area contributed by atoms with Crippen LogP contribution in [-0.4, -0.2) is 47.9 Å². The van der Waals surface area contributed by atoms with Crippen molar-refractivity contribution >= 4 is 29.3 Å². The number of hydrogen-bond acceptors (Lipinski definition) is 8. The molecule has 0 bridgehead atoms. The van der Waals surface area contributed by atoms with E-state index in [0.29, 0.717) is 13.0 Å². The number of esters is 1. The minimum Gasteiger partial charge on any atom is -0.469 e. The van der Waals surface area contributed by atoms with E-state index in [1.54, 1.807) is 12.3 Å². The van der Waals surface area contributed by atoms with Gasteiger partial charge in [-0.2, -0.15) is 0 Å². The van der Waals surface area contributed by atoms with Crippen LogP contribution in [0.1, 0.15) is 37.3 Å². The standard InChI is InChI=1S/C22H27N5O6/c1-33-22(30)14-17(16-8-2-3-9-18(16)27(31)32)26-21(29)15-25-20(28)11-5-7-13-24-19-10-4-6-12-23-19/h2-4,6,8-10,12,17H,5,7,11,13-15H2,1H3,(H,23,24)(H,25,28)(H,26,29). The van der Waals surface area contributed by atoms with Gasteiger partial charge in [0, 0.05) is 25.2 Å². The van der Waals surface area contributed by atoms with Crippen LogP contribution < -0.4 is 16.0 Å². The van der Waals surface area contributed by atoms with Gasteiger partial charge in [0.1, 0.15) is 5.82 Å². The third-order valence-electron chi connectivity index (χ3n) is 4.69. The first-order valence-electron chi connectivity index (χ1n) is 10.4. The van der Waals surface area contributed by atoms with E-state index in [1.165, 1.54) is 25.3 Å². The summed E-state index contributed by atoms with van der Waals surface area (Å²) in [5.74, 6) is -0.744. The second-order valence-corrected chi connectivity index (χ2v) is 7.09. The smallest absolute Gasteiger partial charge is 0.307 e. The number of benzene rings is 1. The number of methoxy groups -OCH3 is 1. The van der Waals surface area contributed by atoms with Gasteiger partial charge in [0.2, 0.25) is 11.8 Å². The topological polar surface area (TPSA) is 153 Å². The van der Waals surface area contributed by atoms with Gasteiger partial charge in [-0.1, -0.05) is 24.3 Å². The van der Waals surface area contributed by atoms with Gasteiger partial charge in [-0.05, 0) is 25.0 Å². The van der Waals surface area contributed by atoms with Crippen LogP contribution in [0.5, 0.6) is 0 Å². The van der Waals surface area contributed by atoms with E-state index in [1.807, 2.05) is 18.2 Å². The minimum atomic E-state index is -0.971. The zero-order chi connectivity index (χ0) is 24.1. The Kier molecular flexibility index (Phi) is 10.3. The van der Waals surface area contributed by atoms with E-state index in [2.05, 4.69) is 25.7 Å². The van der Waals surface area contributed by atoms with Crippen LogP contribution in [0.3, 0.4) is 0 Å². The summed E-state index contributed by atoms with van der Waals surface area (Å²) in [4.78, 5) is 51.0. The Morgan fingerprint density at radius 3 is 2.55 bits per heavy atom. The Hall–Kier alpha value is -4.02. The number of anilines is 1. The van der Waals surface area contributed by atoms with E-state index < -0.39 is 22.8 Å². The number of aromatic nitrogens is 1. The molecular weight excluding hydrogens is 430 g/mol. The van der Waals surface area contributed by atoms with Gasteiger partial charge >= 0.3 is 5.97 Å². The summed E-state index contributed by atoms with van der Waals surface area (Å²) in [6.45, 7) is 0.346. The highest BCUT2D eigenvalue weighted by atomic mass is 16.6. The van der Waals surface area contributed by atoms with Crippen LogP contribution in [0.15, 0.2) is 48.7 Å². The Morgan fingerprint density at radius 1 is 1.09 bits per heavy atom. The normalized spacial score (nSPS) is 11.2. The number of rotatable bonds is 13. The second kappa shape index (κ2) is 13.4. The number of ether oxygens (including phenoxy) is 1. The molecule has 1 aromatic carbocycles. The molecule has 0 aliphatic heterocycles. The molecule has 2 amide bonds. The molecule has 176 valence electrons. The van der Waals surface area contributed by atoms with E-state index in [4.69, 9.17) is 0 Å². The average molecular weight is 457 g/mol. The number of nitro benzene ring substituents is 1. The Balaban J connectivity index is 1.80. The van der Waals surface area contributed by atoms with E-state index in [9.17, 15) is 24.5 Å². The molecule has 11 nitrogen and oxygen atoms in total. The van der Waals surface area contributed by atoms with Crippen molar-refractivity contribution in [2.24, 2.45) is 0 Å². The zero-order valence-electron chi connectivity index (χ0n) is 18.3. The van der Waals surface area contributed by atoms with E-state index in [0.717, 1.165) is 12.2 Å². The molecule has 0 fully saturated rings. The van der Waals surface area contributed by atoms with Gasteiger partial charge in [-0.15, -0.1) is 0 Å². The highest BCUT2D eigenvalue weighted by Gasteiger charge is 2.26. The van der Waals surface area contributed by atoms with Gasteiger partial charge in [0.15, 0.2) is 0 Å². The van der Waals surface area contributed by atoms with Crippen molar-refractivity contribution in [2.45, 2.75) is 31.7 Å². The van der Waals surface area contributed by atoms with Crippen LogP contribution in [0.25, 0.3) is 0 Å². The largest absolute Gasteiger partial charge is 0.469 e. The lowest BCUT2D eigenvalue weighted by Crippen LogP contribution is -2.39. The van der Waals surface area contributed by atoms with Crippen LogP contribution >= 0.6 is 0 Å². The fourth-order valence-corrected chi connectivity index (χ4v) is 3.04. The van der Waals surface area contributed by atoms with Crippen molar-refractivity contribution in [3.05, 3.63) is 64.3 Å². The molecule has 1 heterocycles. The number of carbonyl (C=O) groups excluding carboxylic acids is 3. The first-order valence-corrected chi connectivity index (χ1v) is 10.4. The summed E-state index contributed by atoms with van der Waals surface area (Å²) < 4.78 is 4.64. The molecule has 3 N–H and O–H groups in total. The molecule has 0 saturated carbocycles. The van der Waals surface area contributed by atoms with Gasteiger partial charge < -0.3 is 20.7 Å². The predicted octanol–water partition coefficient (Wildman–Crippen LogP) is 2.11. The molecule has 2 rings (SSSR count). The Morgan fingerprint density at radius 2 is 1.85 bits per heavy atom. The number of para-hydroxylation sites is 1. The molecule has 1 atom stereocenters. The summed E-state index contributed by atoms with van der Waals surface area (Å²) in [6.07, 6.45) is 3.01. The summed E-state index contributed by atoms with van der Waals surface area (Å²) >= 11 is 0. The molecular formula is C22H27N5O6. The molecule has 1 unspecified atom stereocenters. The number of nitrogens with zero attached hydrogens (tertiary/aromatic N) is 2. The number of pyridine rings is 1. The monoisotopic (exact) mass is 457 g/mol. The fourth-order valence-electron chi connectivity index (χ4n) is 3.04. The van der Waals surface area contributed by atoms with Crippen molar-refractivity contribution < 1.29 is 24.0 Å². The maximum absolute atomic E-state index is 12.4. The molecule has 2 aromatic rings. The predicted molar refractivity (Wildman–Crippen MR) is 120 cm³/mol. The summed E-state index contributed by atoms with van der Waals surface area (Å²) in [5.41, 5.74) is -0.0527. The number of nitrogens with one attached hydrogen (secondary N) is 3. The lowest BCUT2D eigenvalue weighted by atomic mass is 10.0. The van der Waals surface area contributed by atoms with Crippen LogP contribution in [0.2, 0.25) is 0 Å². The number of unbranched alkanes of at least 4 members (excludes halogenated alkanes) is 1. The Bertz CT molecular complexity index is 953. The molecule has 0 radical (unpaired) electrons. The maximum Gasteiger partial charge on any atom is 0.307 e. The third-order valence-corrected chi connectivity index (χ3v) is 4.69. The van der Waals surface area contributed by atoms with Crippen LogP contribution in [0.4, 0.5) is 11.5 Å². The molecule has 11 heteroatoms. The molecule has 33 heavy (non-hydrogen) atoms. The summed E-state index contributed by atoms with van der Waals surface area (Å²) in [6, 6.07) is 10.4. The number of amides is 2. The van der Waals surface area contributed by atoms with E-state index in [-0.39, 0.29) is 36.5 Å². The molecule has 0 aliphatic rings. The molecule has 0 spiro atoms. The molecule has 0 saturated heterocycles. The molecule has 1 aromatic heterocycles. The van der Waals surface area contributed by atoms with Crippen molar-refractivity contribution in [1.82, 2.24) is 15.6 Å². The maximum atomic E-state index is 12.4. The van der Waals surface area contributed by atoms with Gasteiger partial charge in [-0.25, -0.2) is 4.98 Å². The lowest BCUT2D eigenvalue weighted by molar-refractivity contribution is -0.385. The van der Waals surface area contributed by atoms with Crippen molar-refractivity contribution in [2.75, 3.05) is 25.5 Å². The quantitative estimate of drug-likeness (QED) is 0.179. The third kappa shape index (κ3) is 8.93. The minimum absolute atomic E-state index is 0.174. The van der Waals surface area contributed by atoms with Crippen molar-refractivity contribution in [1.29, 1.82) is 0 Å². The second-order valence-electron chi connectivity index (χ2n) is 7.09. The zero-order valence-corrected chi connectivity index (χ0v) is 18.3. The summed E-state index contributed by atoms with van der Waals surface area (Å²) in [5, 5.41) is 19.6. The van der Waals surface area contributed by atoms with Crippen molar-refractivity contribution in [3.8, 4) is 0 Å². The SMILES string of the molecule is COC(=O)CC(NC(=O)CNC(=O)CCCCNc1ccccn1)c1ccccc1[N+](=O)[O-]. The first-order chi connectivity index (χ1) is 15.9. The average Bonchev–Trinajstić information content (AvgIpc) is 2.82. The van der Waals surface area contributed by atoms with Crippen LogP contribution in [-0.2, 0) is 19.1 Å². The van der Waals surface area contributed by atoms with Crippen molar-refractivity contribution in [3.63, 3.8) is 0 Å². The van der Waals surface area contributed by atoms with Crippen LogP contribution in [0, 0.1) is 10.1 Å². The van der Waals surface area contributed by atoms with Gasteiger partial charge in [0.05, 0.1) is 36.6 Å². The molecule has 0 aliphatic carbocycles. The lowest BCUT2D eigenvalue weighted by Gasteiger charge is -2.18. The number of carbonyl (C=O) groups is 3. The fraction of sp³-hybridized carbons (Fsp3) is 0.364. The number of hydrogen-bond donors (Lipinski definition) is 3. The number of nitro groups is 1. The Labute approximate surface area is 191 Å². The van der Waals surface area contributed by atoms with Gasteiger partial charge in [0.25, 0.3) is 5.69 Å². The first kappa shape index (κ1) is 25.2.